The minimum Gasteiger partial charge on any atom is -0.376 e. The highest BCUT2D eigenvalue weighted by Crippen LogP contribution is 2.15. The third-order valence-electron chi connectivity index (χ3n) is 2.37. The van der Waals surface area contributed by atoms with E-state index in [0.717, 1.165) is 11.3 Å². The molecular formula is C12H13N5OS. The summed E-state index contributed by atoms with van der Waals surface area (Å²) in [5.41, 5.74) is 7.11. The summed E-state index contributed by atoms with van der Waals surface area (Å²) in [6, 6.07) is 9.34. The second-order valence-corrected chi connectivity index (χ2v) is 4.22. The van der Waals surface area contributed by atoms with Gasteiger partial charge in [0.1, 0.15) is 5.82 Å². The number of nitrogens with one attached hydrogen (secondary N) is 3. The van der Waals surface area contributed by atoms with E-state index in [2.05, 4.69) is 32.8 Å². The predicted octanol–water partition coefficient (Wildman–Crippen LogP) is 1.12. The molecule has 0 saturated carbocycles. The Hall–Kier alpha value is -2.41. The number of aromatic nitrogens is 2. The van der Waals surface area contributed by atoms with Crippen LogP contribution in [0.15, 0.2) is 36.5 Å². The summed E-state index contributed by atoms with van der Waals surface area (Å²) in [6.07, 6.45) is 1.72. The zero-order valence-corrected chi connectivity index (χ0v) is 10.8. The maximum atomic E-state index is 11.3. The van der Waals surface area contributed by atoms with Crippen molar-refractivity contribution >= 4 is 23.4 Å². The fourth-order valence-electron chi connectivity index (χ4n) is 1.54. The average molecular weight is 275 g/mol. The normalized spacial score (nSPS) is 9.89. The Morgan fingerprint density at radius 1 is 1.37 bits per heavy atom. The third kappa shape index (κ3) is 3.78. The molecule has 6 nitrogen and oxygen atoms in total. The van der Waals surface area contributed by atoms with Crippen molar-refractivity contribution in [1.82, 2.24) is 20.6 Å². The van der Waals surface area contributed by atoms with Gasteiger partial charge in [-0.25, -0.2) is 9.78 Å². The molecule has 0 bridgehead atoms. The number of aromatic amines is 1. The van der Waals surface area contributed by atoms with E-state index in [1.54, 1.807) is 6.20 Å². The number of thiocarbonyl (C=S) groups is 1. The number of benzene rings is 1. The van der Waals surface area contributed by atoms with E-state index in [4.69, 9.17) is 5.73 Å². The quantitative estimate of drug-likeness (QED) is 0.631. The van der Waals surface area contributed by atoms with Crippen molar-refractivity contribution in [2.45, 2.75) is 6.54 Å². The van der Waals surface area contributed by atoms with Crippen LogP contribution in [0.5, 0.6) is 0 Å². The Morgan fingerprint density at radius 3 is 2.79 bits per heavy atom. The van der Waals surface area contributed by atoms with Crippen molar-refractivity contribution in [1.29, 1.82) is 0 Å². The number of amides is 2. The van der Waals surface area contributed by atoms with Gasteiger partial charge in [0.25, 0.3) is 0 Å². The molecule has 98 valence electrons. The number of rotatable bonds is 3. The summed E-state index contributed by atoms with van der Waals surface area (Å²) >= 11 is 4.55. The SMILES string of the molecule is NC(=S)NC(=O)NCc1ncc(-c2ccccc2)[nH]1. The molecule has 0 radical (unpaired) electrons. The second kappa shape index (κ2) is 5.96. The van der Waals surface area contributed by atoms with Crippen LogP contribution in [-0.2, 0) is 6.54 Å². The average Bonchev–Trinajstić information content (AvgIpc) is 2.85. The number of nitrogens with zero attached hydrogens (tertiary/aromatic N) is 1. The summed E-state index contributed by atoms with van der Waals surface area (Å²) in [6.45, 7) is 0.265. The lowest BCUT2D eigenvalue weighted by atomic mass is 10.2. The highest BCUT2D eigenvalue weighted by Gasteiger charge is 2.05. The smallest absolute Gasteiger partial charge is 0.321 e. The maximum absolute atomic E-state index is 11.3. The Bertz CT molecular complexity index is 581. The Morgan fingerprint density at radius 2 is 2.11 bits per heavy atom. The Balaban J connectivity index is 1.95. The van der Waals surface area contributed by atoms with Crippen molar-refractivity contribution in [3.8, 4) is 11.3 Å². The molecule has 0 spiro atoms. The molecule has 2 aromatic rings. The van der Waals surface area contributed by atoms with Crippen LogP contribution >= 0.6 is 12.2 Å². The van der Waals surface area contributed by atoms with E-state index in [-0.39, 0.29) is 11.7 Å². The monoisotopic (exact) mass is 275 g/mol. The molecule has 2 rings (SSSR count). The predicted molar refractivity (Wildman–Crippen MR) is 76.2 cm³/mol. The molecule has 1 aromatic carbocycles. The summed E-state index contributed by atoms with van der Waals surface area (Å²) in [7, 11) is 0. The number of hydrogen-bond donors (Lipinski definition) is 4. The fourth-order valence-corrected chi connectivity index (χ4v) is 1.63. The number of urea groups is 1. The maximum Gasteiger partial charge on any atom is 0.321 e. The van der Waals surface area contributed by atoms with Gasteiger partial charge in [-0.1, -0.05) is 30.3 Å². The summed E-state index contributed by atoms with van der Waals surface area (Å²) in [5.74, 6) is 0.650. The molecule has 1 aromatic heterocycles. The van der Waals surface area contributed by atoms with Gasteiger partial charge in [-0.15, -0.1) is 0 Å². The van der Waals surface area contributed by atoms with Crippen molar-refractivity contribution in [3.63, 3.8) is 0 Å². The number of nitrogens with two attached hydrogens (primary N) is 1. The van der Waals surface area contributed by atoms with Gasteiger partial charge in [-0.3, -0.25) is 5.32 Å². The lowest BCUT2D eigenvalue weighted by Gasteiger charge is -2.03. The first-order valence-corrected chi connectivity index (χ1v) is 5.99. The summed E-state index contributed by atoms with van der Waals surface area (Å²) in [4.78, 5) is 18.6. The van der Waals surface area contributed by atoms with Crippen molar-refractivity contribution in [2.24, 2.45) is 5.73 Å². The van der Waals surface area contributed by atoms with Gasteiger partial charge in [0.05, 0.1) is 18.4 Å². The van der Waals surface area contributed by atoms with Crippen LogP contribution in [0.2, 0.25) is 0 Å². The van der Waals surface area contributed by atoms with Gasteiger partial charge >= 0.3 is 6.03 Å². The van der Waals surface area contributed by atoms with E-state index >= 15 is 0 Å². The van der Waals surface area contributed by atoms with Gasteiger partial charge in [0.2, 0.25) is 0 Å². The number of H-pyrrole nitrogens is 1. The topological polar surface area (TPSA) is 95.8 Å². The van der Waals surface area contributed by atoms with Crippen LogP contribution in [-0.4, -0.2) is 21.1 Å². The molecule has 0 aliphatic rings. The molecular weight excluding hydrogens is 262 g/mol. The third-order valence-corrected chi connectivity index (χ3v) is 2.47. The first-order chi connectivity index (χ1) is 9.15. The fraction of sp³-hybridized carbons (Fsp3) is 0.0833. The van der Waals surface area contributed by atoms with Crippen molar-refractivity contribution in [3.05, 3.63) is 42.4 Å². The molecule has 0 atom stereocenters. The number of imidazole rings is 1. The summed E-state index contributed by atoms with van der Waals surface area (Å²) in [5, 5.41) is 4.79. The lowest BCUT2D eigenvalue weighted by Crippen LogP contribution is -2.41. The van der Waals surface area contributed by atoms with Crippen LogP contribution < -0.4 is 16.4 Å². The molecule has 0 unspecified atom stereocenters. The standard InChI is InChI=1S/C12H13N5OS/c13-11(19)17-12(18)15-7-10-14-6-9(16-10)8-4-2-1-3-5-8/h1-6H,7H2,(H,14,16)(H4,13,15,17,18,19). The van der Waals surface area contributed by atoms with Gasteiger partial charge in [-0.05, 0) is 17.8 Å². The van der Waals surface area contributed by atoms with Gasteiger partial charge < -0.3 is 16.0 Å². The molecule has 5 N–H and O–H groups in total. The van der Waals surface area contributed by atoms with Crippen molar-refractivity contribution in [2.75, 3.05) is 0 Å². The molecule has 19 heavy (non-hydrogen) atoms. The van der Waals surface area contributed by atoms with Crippen LogP contribution in [0.4, 0.5) is 4.79 Å². The van der Waals surface area contributed by atoms with Gasteiger partial charge in [0.15, 0.2) is 5.11 Å². The van der Waals surface area contributed by atoms with Crippen LogP contribution in [0.1, 0.15) is 5.82 Å². The first-order valence-electron chi connectivity index (χ1n) is 5.59. The molecule has 7 heteroatoms. The van der Waals surface area contributed by atoms with E-state index in [1.807, 2.05) is 30.3 Å². The zero-order chi connectivity index (χ0) is 13.7. The Kier molecular flexibility index (Phi) is 4.09. The molecule has 0 aliphatic heterocycles. The first kappa shape index (κ1) is 13.0. The molecule has 1 heterocycles. The van der Waals surface area contributed by atoms with Crippen molar-refractivity contribution < 1.29 is 4.79 Å². The van der Waals surface area contributed by atoms with E-state index in [0.29, 0.717) is 5.82 Å². The highest BCUT2D eigenvalue weighted by molar-refractivity contribution is 7.80. The van der Waals surface area contributed by atoms with Gasteiger partial charge in [0, 0.05) is 0 Å². The molecule has 0 saturated heterocycles. The Labute approximate surface area is 115 Å². The number of carbonyl (C=O) groups excluding carboxylic acids is 1. The van der Waals surface area contributed by atoms with E-state index < -0.39 is 6.03 Å². The minimum absolute atomic E-state index is 0.0677. The largest absolute Gasteiger partial charge is 0.376 e. The van der Waals surface area contributed by atoms with Crippen LogP contribution in [0.3, 0.4) is 0 Å². The van der Waals surface area contributed by atoms with E-state index in [9.17, 15) is 4.79 Å². The molecule has 0 fully saturated rings. The molecule has 2 amide bonds. The second-order valence-electron chi connectivity index (χ2n) is 3.78. The molecule has 0 aliphatic carbocycles. The van der Waals surface area contributed by atoms with Gasteiger partial charge in [-0.2, -0.15) is 0 Å². The lowest BCUT2D eigenvalue weighted by molar-refractivity contribution is 0.244. The van der Waals surface area contributed by atoms with E-state index in [1.165, 1.54) is 0 Å². The zero-order valence-electron chi connectivity index (χ0n) is 10.0. The van der Waals surface area contributed by atoms with Crippen LogP contribution in [0.25, 0.3) is 11.3 Å². The van der Waals surface area contributed by atoms with Crippen LogP contribution in [0, 0.1) is 0 Å². The number of hydrogen-bond acceptors (Lipinski definition) is 3. The minimum atomic E-state index is -0.454. The highest BCUT2D eigenvalue weighted by atomic mass is 32.1. The summed E-state index contributed by atoms with van der Waals surface area (Å²) < 4.78 is 0. The number of carbonyl (C=O) groups is 1.